The lowest BCUT2D eigenvalue weighted by Crippen LogP contribution is -2.12. The molecule has 5 nitrogen and oxygen atoms in total. The van der Waals surface area contributed by atoms with E-state index in [1.54, 1.807) is 42.6 Å². The van der Waals surface area contributed by atoms with E-state index in [0.717, 1.165) is 26.6 Å². The van der Waals surface area contributed by atoms with Gasteiger partial charge in [0.05, 0.1) is 4.90 Å². The van der Waals surface area contributed by atoms with Gasteiger partial charge in [-0.25, -0.2) is 13.4 Å². The summed E-state index contributed by atoms with van der Waals surface area (Å²) in [6.07, 6.45) is 3.60. The topological polar surface area (TPSA) is 74.8 Å². The molecule has 130 valence electrons. The number of sulfonamides is 1. The molecule has 2 heterocycles. The molecule has 2 aromatic heterocycles. The lowest BCUT2D eigenvalue weighted by atomic mass is 10.0. The second-order valence-corrected chi connectivity index (χ2v) is 8.33. The summed E-state index contributed by atoms with van der Waals surface area (Å²) < 4.78 is 28.4. The molecule has 4 aromatic rings. The largest absolute Gasteiger partial charge is 0.346 e. The van der Waals surface area contributed by atoms with Crippen molar-refractivity contribution >= 4 is 42.7 Å². The van der Waals surface area contributed by atoms with Crippen LogP contribution in [0, 0.1) is 0 Å². The molecule has 0 aliphatic rings. The molecule has 0 saturated carbocycles. The van der Waals surface area contributed by atoms with Crippen LogP contribution in [0.3, 0.4) is 0 Å². The van der Waals surface area contributed by atoms with Crippen LogP contribution in [-0.2, 0) is 10.0 Å². The molecule has 0 amide bonds. The fourth-order valence-corrected chi connectivity index (χ4v) is 4.08. The second kappa shape index (κ2) is 6.59. The summed E-state index contributed by atoms with van der Waals surface area (Å²) in [5, 5.41) is 1.02. The summed E-state index contributed by atoms with van der Waals surface area (Å²) in [5.41, 5.74) is 3.36. The van der Waals surface area contributed by atoms with E-state index in [0.29, 0.717) is 5.69 Å². The number of halogens is 1. The lowest BCUT2D eigenvalue weighted by Gasteiger charge is -2.09. The molecule has 0 aliphatic heterocycles. The van der Waals surface area contributed by atoms with Crippen LogP contribution in [0.15, 0.2) is 82.4 Å². The number of H-pyrrole nitrogens is 1. The lowest BCUT2D eigenvalue weighted by molar-refractivity contribution is 0.601. The van der Waals surface area contributed by atoms with Crippen molar-refractivity contribution in [2.45, 2.75) is 4.90 Å². The summed E-state index contributed by atoms with van der Waals surface area (Å²) in [4.78, 5) is 7.59. The summed E-state index contributed by atoms with van der Waals surface area (Å²) in [6.45, 7) is 0. The molecule has 0 atom stereocenters. The van der Waals surface area contributed by atoms with Crippen LogP contribution < -0.4 is 4.72 Å². The van der Waals surface area contributed by atoms with Gasteiger partial charge < -0.3 is 4.98 Å². The molecule has 2 N–H and O–H groups in total. The van der Waals surface area contributed by atoms with Gasteiger partial charge in [-0.3, -0.25) is 4.72 Å². The SMILES string of the molecule is O=S(=O)(Nc1ccc(-c2ccnc3[nH]ccc23)cc1)c1ccc(Br)cc1. The van der Waals surface area contributed by atoms with Crippen LogP contribution in [0.2, 0.25) is 0 Å². The number of rotatable bonds is 4. The molecule has 0 unspecified atom stereocenters. The molecular formula is C19H14BrN3O2S. The van der Waals surface area contributed by atoms with Crippen LogP contribution in [-0.4, -0.2) is 18.4 Å². The Bertz CT molecular complexity index is 1170. The van der Waals surface area contributed by atoms with E-state index in [4.69, 9.17) is 0 Å². The van der Waals surface area contributed by atoms with E-state index in [2.05, 4.69) is 30.6 Å². The normalized spacial score (nSPS) is 11.6. The molecule has 0 fully saturated rings. The third kappa shape index (κ3) is 3.23. The van der Waals surface area contributed by atoms with Gasteiger partial charge in [0.2, 0.25) is 0 Å². The van der Waals surface area contributed by atoms with Crippen LogP contribution in [0.5, 0.6) is 0 Å². The molecule has 0 saturated heterocycles. The Balaban J connectivity index is 1.62. The van der Waals surface area contributed by atoms with Crippen molar-refractivity contribution in [3.8, 4) is 11.1 Å². The van der Waals surface area contributed by atoms with E-state index in [9.17, 15) is 8.42 Å². The molecule has 7 heteroatoms. The molecule has 2 aromatic carbocycles. The monoisotopic (exact) mass is 427 g/mol. The van der Waals surface area contributed by atoms with Gasteiger partial charge in [-0.1, -0.05) is 28.1 Å². The molecular weight excluding hydrogens is 414 g/mol. The first-order valence-electron chi connectivity index (χ1n) is 7.84. The number of anilines is 1. The number of hydrogen-bond acceptors (Lipinski definition) is 3. The maximum absolute atomic E-state index is 12.5. The number of nitrogens with one attached hydrogen (secondary N) is 2. The van der Waals surface area contributed by atoms with Crippen molar-refractivity contribution in [1.29, 1.82) is 0 Å². The van der Waals surface area contributed by atoms with E-state index in [1.807, 2.05) is 30.5 Å². The van der Waals surface area contributed by atoms with Crippen molar-refractivity contribution in [3.63, 3.8) is 0 Å². The smallest absolute Gasteiger partial charge is 0.261 e. The predicted molar refractivity (Wildman–Crippen MR) is 106 cm³/mol. The minimum absolute atomic E-state index is 0.216. The van der Waals surface area contributed by atoms with Gasteiger partial charge in [-0.05, 0) is 59.7 Å². The highest BCUT2D eigenvalue weighted by atomic mass is 79.9. The van der Waals surface area contributed by atoms with Crippen molar-refractivity contribution in [1.82, 2.24) is 9.97 Å². The fraction of sp³-hybridized carbons (Fsp3) is 0. The number of nitrogens with zero attached hydrogens (tertiary/aromatic N) is 1. The highest BCUT2D eigenvalue weighted by Gasteiger charge is 2.14. The quantitative estimate of drug-likeness (QED) is 0.491. The van der Waals surface area contributed by atoms with Crippen LogP contribution in [0.4, 0.5) is 5.69 Å². The van der Waals surface area contributed by atoms with E-state index >= 15 is 0 Å². The number of pyridine rings is 1. The second-order valence-electron chi connectivity index (χ2n) is 5.74. The first-order valence-corrected chi connectivity index (χ1v) is 10.1. The summed E-state index contributed by atoms with van der Waals surface area (Å²) in [5.74, 6) is 0. The van der Waals surface area contributed by atoms with Gasteiger partial charge >= 0.3 is 0 Å². The minimum atomic E-state index is -3.62. The third-order valence-electron chi connectivity index (χ3n) is 4.03. The molecule has 0 aliphatic carbocycles. The maximum Gasteiger partial charge on any atom is 0.261 e. The summed E-state index contributed by atoms with van der Waals surface area (Å²) >= 11 is 3.30. The van der Waals surface area contributed by atoms with Gasteiger partial charge in [0, 0.05) is 27.9 Å². The standard InChI is InChI=1S/C19H14BrN3O2S/c20-14-3-7-16(8-4-14)26(24,25)23-15-5-1-13(2-6-15)17-9-11-21-19-18(17)10-12-22-19/h1-12,23H,(H,21,22). The Morgan fingerprint density at radius 1 is 0.923 bits per heavy atom. The van der Waals surface area contributed by atoms with E-state index in [-0.39, 0.29) is 4.90 Å². The molecule has 4 rings (SSSR count). The zero-order valence-electron chi connectivity index (χ0n) is 13.5. The van der Waals surface area contributed by atoms with Gasteiger partial charge in [0.1, 0.15) is 5.65 Å². The Morgan fingerprint density at radius 3 is 2.38 bits per heavy atom. The van der Waals surface area contributed by atoms with Crippen molar-refractivity contribution < 1.29 is 8.42 Å². The average molecular weight is 428 g/mol. The molecule has 0 spiro atoms. The first-order chi connectivity index (χ1) is 12.5. The van der Waals surface area contributed by atoms with Gasteiger partial charge in [0.15, 0.2) is 0 Å². The maximum atomic E-state index is 12.5. The van der Waals surface area contributed by atoms with E-state index in [1.165, 1.54) is 0 Å². The fourth-order valence-electron chi connectivity index (χ4n) is 2.76. The Labute approximate surface area is 159 Å². The Hall–Kier alpha value is -2.64. The Morgan fingerprint density at radius 2 is 1.65 bits per heavy atom. The Kier molecular flexibility index (Phi) is 4.26. The molecule has 26 heavy (non-hydrogen) atoms. The number of hydrogen-bond donors (Lipinski definition) is 2. The van der Waals surface area contributed by atoms with Gasteiger partial charge in [-0.15, -0.1) is 0 Å². The van der Waals surface area contributed by atoms with Gasteiger partial charge in [-0.2, -0.15) is 0 Å². The number of aromatic nitrogens is 2. The predicted octanol–water partition coefficient (Wildman–Crippen LogP) is 4.79. The minimum Gasteiger partial charge on any atom is -0.346 e. The van der Waals surface area contributed by atoms with Crippen molar-refractivity contribution in [2.75, 3.05) is 4.72 Å². The zero-order chi connectivity index (χ0) is 18.1. The first kappa shape index (κ1) is 16.8. The molecule has 0 radical (unpaired) electrons. The number of aromatic amines is 1. The number of fused-ring (bicyclic) bond motifs is 1. The molecule has 0 bridgehead atoms. The average Bonchev–Trinajstić information content (AvgIpc) is 3.11. The number of benzene rings is 2. The van der Waals surface area contributed by atoms with Crippen LogP contribution >= 0.6 is 15.9 Å². The van der Waals surface area contributed by atoms with E-state index < -0.39 is 10.0 Å². The summed E-state index contributed by atoms with van der Waals surface area (Å²) in [6, 6.07) is 17.7. The van der Waals surface area contributed by atoms with Gasteiger partial charge in [0.25, 0.3) is 10.0 Å². The van der Waals surface area contributed by atoms with Crippen LogP contribution in [0.1, 0.15) is 0 Å². The van der Waals surface area contributed by atoms with Crippen LogP contribution in [0.25, 0.3) is 22.2 Å². The third-order valence-corrected chi connectivity index (χ3v) is 5.96. The highest BCUT2D eigenvalue weighted by molar-refractivity contribution is 9.10. The summed E-state index contributed by atoms with van der Waals surface area (Å²) in [7, 11) is -3.62. The van der Waals surface area contributed by atoms with Crippen molar-refractivity contribution in [3.05, 3.63) is 77.5 Å². The highest BCUT2D eigenvalue weighted by Crippen LogP contribution is 2.28. The zero-order valence-corrected chi connectivity index (χ0v) is 15.9. The van der Waals surface area contributed by atoms with Crippen molar-refractivity contribution in [2.24, 2.45) is 0 Å².